The molecule has 1 saturated heterocycles. The molecule has 13 nitrogen and oxygen atoms in total. The van der Waals surface area contributed by atoms with Crippen molar-refractivity contribution in [3.63, 3.8) is 0 Å². The van der Waals surface area contributed by atoms with Crippen LogP contribution in [0.15, 0.2) is 30.4 Å². The third kappa shape index (κ3) is 8.39. The number of esters is 1. The number of amides is 4. The second kappa shape index (κ2) is 14.2. The molecule has 2 aliphatic heterocycles. The van der Waals surface area contributed by atoms with Gasteiger partial charge in [-0.25, -0.2) is 17.6 Å². The fraction of sp³-hybridized carbons (Fsp3) is 0.639. The molecule has 0 radical (unpaired) electrons. The lowest BCUT2D eigenvalue weighted by molar-refractivity contribution is -0.153. The molecule has 15 heteroatoms. The van der Waals surface area contributed by atoms with Gasteiger partial charge in [0.15, 0.2) is 0 Å². The molecular weight excluding hydrogens is 683 g/mol. The lowest BCUT2D eigenvalue weighted by Crippen LogP contribution is -2.58. The standard InChI is InChI=1S/C36H47FN4O9S/c1-35(2,3)50-34(46)38-28-13-8-6-4-5-7-11-23-19-36(23,33(45)40-51(47,48)25-14-15-25)39-30(42)29-18-24(20-41(29)31(28)43)49-32(44)22-16-21-10-9-12-27(37)26(21)17-22/h7,9-12,22-25,28-29H,4-6,8,13-20H2,1-3H3,(H,38,46)(H,39,42)(H,40,45)/b11-7-/t22?,23-,24-,28+,29+,36-/m1/s1. The summed E-state index contributed by atoms with van der Waals surface area (Å²) >= 11 is 0. The SMILES string of the molecule is CC(C)(C)OC(=O)N[C@H]1CCCCC/C=C\[C@@H]2C[C@@]2(C(=O)NS(=O)(=O)C2CC2)NC(=O)[C@@H]2C[C@@H](OC(=O)C3Cc4cccc(F)c4C3)CN2C1=O. The molecule has 4 amide bonds. The first-order valence-corrected chi connectivity index (χ1v) is 19.4. The van der Waals surface area contributed by atoms with Gasteiger partial charge in [-0.05, 0) is 89.3 Å². The zero-order valence-electron chi connectivity index (χ0n) is 29.2. The van der Waals surface area contributed by atoms with Crippen LogP contribution < -0.4 is 15.4 Å². The number of carbonyl (C=O) groups is 5. The largest absolute Gasteiger partial charge is 0.460 e. The first kappa shape index (κ1) is 36.8. The summed E-state index contributed by atoms with van der Waals surface area (Å²) in [5.41, 5.74) is -1.20. The topological polar surface area (TPSA) is 177 Å². The Bertz CT molecular complexity index is 1720. The highest BCUT2D eigenvalue weighted by Crippen LogP contribution is 2.46. The zero-order valence-corrected chi connectivity index (χ0v) is 30.1. The Kier molecular flexibility index (Phi) is 10.2. The molecule has 1 unspecified atom stereocenters. The number of allylic oxidation sites excluding steroid dienone is 1. The maximum atomic E-state index is 14.4. The second-order valence-corrected chi connectivity index (χ2v) is 17.5. The van der Waals surface area contributed by atoms with Crippen LogP contribution in [0.3, 0.4) is 0 Å². The Morgan fingerprint density at radius 1 is 1.06 bits per heavy atom. The van der Waals surface area contributed by atoms with Crippen LogP contribution in [0.25, 0.3) is 0 Å². The first-order chi connectivity index (χ1) is 24.1. The molecule has 3 N–H and O–H groups in total. The van der Waals surface area contributed by atoms with Crippen molar-refractivity contribution in [2.75, 3.05) is 6.54 Å². The summed E-state index contributed by atoms with van der Waals surface area (Å²) in [6.07, 6.45) is 6.44. The normalized spacial score (nSPS) is 30.4. The van der Waals surface area contributed by atoms with Crippen LogP contribution >= 0.6 is 0 Å². The van der Waals surface area contributed by atoms with E-state index >= 15 is 0 Å². The van der Waals surface area contributed by atoms with E-state index in [0.29, 0.717) is 37.7 Å². The Labute approximate surface area is 297 Å². The van der Waals surface area contributed by atoms with Gasteiger partial charge in [-0.15, -0.1) is 0 Å². The predicted octanol–water partition coefficient (Wildman–Crippen LogP) is 2.95. The number of benzene rings is 1. The Morgan fingerprint density at radius 2 is 1.82 bits per heavy atom. The Morgan fingerprint density at radius 3 is 2.53 bits per heavy atom. The van der Waals surface area contributed by atoms with Gasteiger partial charge in [0.25, 0.3) is 5.91 Å². The molecule has 278 valence electrons. The van der Waals surface area contributed by atoms with Crippen molar-refractivity contribution in [2.45, 2.75) is 126 Å². The van der Waals surface area contributed by atoms with Gasteiger partial charge in [0, 0.05) is 12.3 Å². The van der Waals surface area contributed by atoms with Crippen molar-refractivity contribution >= 4 is 39.8 Å². The van der Waals surface area contributed by atoms with Gasteiger partial charge >= 0.3 is 12.1 Å². The number of ether oxygens (including phenoxy) is 2. The minimum absolute atomic E-state index is 0.102. The monoisotopic (exact) mass is 730 g/mol. The highest BCUT2D eigenvalue weighted by Gasteiger charge is 2.62. The van der Waals surface area contributed by atoms with Crippen LogP contribution in [0.4, 0.5) is 9.18 Å². The van der Waals surface area contributed by atoms with Gasteiger partial charge in [-0.2, -0.15) is 0 Å². The number of hydrogen-bond donors (Lipinski definition) is 3. The quantitative estimate of drug-likeness (QED) is 0.294. The van der Waals surface area contributed by atoms with Crippen molar-refractivity contribution in [1.29, 1.82) is 0 Å². The van der Waals surface area contributed by atoms with E-state index in [0.717, 1.165) is 18.4 Å². The molecular formula is C36H47FN4O9S. The number of alkyl carbamates (subject to hydrolysis) is 1. The van der Waals surface area contributed by atoms with Gasteiger partial charge in [0.05, 0.1) is 17.7 Å². The van der Waals surface area contributed by atoms with E-state index in [1.54, 1.807) is 32.9 Å². The van der Waals surface area contributed by atoms with Gasteiger partial charge in [-0.1, -0.05) is 37.1 Å². The van der Waals surface area contributed by atoms with Gasteiger partial charge in [-0.3, -0.25) is 23.9 Å². The molecule has 6 rings (SSSR count). The number of rotatable bonds is 6. The summed E-state index contributed by atoms with van der Waals surface area (Å²) in [6.45, 7) is 4.93. The summed E-state index contributed by atoms with van der Waals surface area (Å²) in [5, 5.41) is 4.81. The van der Waals surface area contributed by atoms with Crippen LogP contribution in [0.2, 0.25) is 0 Å². The number of halogens is 1. The lowest BCUT2D eigenvalue weighted by atomic mass is 10.0. The van der Waals surface area contributed by atoms with Gasteiger partial charge in [0.1, 0.15) is 35.1 Å². The second-order valence-electron chi connectivity index (χ2n) is 15.5. The molecule has 2 heterocycles. The zero-order chi connectivity index (χ0) is 36.7. The average Bonchev–Trinajstić information content (AvgIpc) is 3.93. The van der Waals surface area contributed by atoms with Crippen LogP contribution in [-0.2, 0) is 51.5 Å². The molecule has 2 saturated carbocycles. The van der Waals surface area contributed by atoms with Crippen molar-refractivity contribution in [2.24, 2.45) is 11.8 Å². The van der Waals surface area contributed by atoms with Gasteiger partial charge < -0.3 is 25.0 Å². The Hall–Kier alpha value is -4.01. The maximum Gasteiger partial charge on any atom is 0.408 e. The van der Waals surface area contributed by atoms with Crippen molar-refractivity contribution < 1.29 is 46.3 Å². The Balaban J connectivity index is 1.25. The highest BCUT2D eigenvalue weighted by molar-refractivity contribution is 7.91. The first-order valence-electron chi connectivity index (χ1n) is 17.9. The van der Waals surface area contributed by atoms with Crippen molar-refractivity contribution in [3.8, 4) is 0 Å². The molecule has 3 aliphatic carbocycles. The molecule has 0 bridgehead atoms. The van der Waals surface area contributed by atoms with E-state index < -0.39 is 92.0 Å². The van der Waals surface area contributed by atoms with E-state index in [1.165, 1.54) is 11.0 Å². The van der Waals surface area contributed by atoms with E-state index in [-0.39, 0.29) is 32.2 Å². The number of nitrogens with zero attached hydrogens (tertiary/aromatic N) is 1. The molecule has 1 aromatic rings. The number of nitrogens with one attached hydrogen (secondary N) is 3. The number of sulfonamides is 1. The summed E-state index contributed by atoms with van der Waals surface area (Å²) in [4.78, 5) is 69.6. The fourth-order valence-corrected chi connectivity index (χ4v) is 8.70. The average molecular weight is 731 g/mol. The molecule has 0 aromatic heterocycles. The third-order valence-corrected chi connectivity index (χ3v) is 12.1. The smallest absolute Gasteiger partial charge is 0.408 e. The van der Waals surface area contributed by atoms with Crippen LogP contribution in [0.5, 0.6) is 0 Å². The van der Waals surface area contributed by atoms with Gasteiger partial charge in [0.2, 0.25) is 21.8 Å². The number of hydrogen-bond acceptors (Lipinski definition) is 9. The van der Waals surface area contributed by atoms with E-state index in [9.17, 15) is 36.8 Å². The number of carbonyl (C=O) groups excluding carboxylic acids is 5. The van der Waals surface area contributed by atoms with E-state index in [4.69, 9.17) is 9.47 Å². The van der Waals surface area contributed by atoms with Crippen LogP contribution in [0, 0.1) is 17.7 Å². The highest BCUT2D eigenvalue weighted by atomic mass is 32.2. The molecule has 51 heavy (non-hydrogen) atoms. The minimum atomic E-state index is -3.91. The van der Waals surface area contributed by atoms with Crippen LogP contribution in [0.1, 0.15) is 89.7 Å². The van der Waals surface area contributed by atoms with Crippen LogP contribution in [-0.4, -0.2) is 84.2 Å². The van der Waals surface area contributed by atoms with E-state index in [2.05, 4.69) is 15.4 Å². The fourth-order valence-electron chi connectivity index (χ4n) is 7.33. The third-order valence-electron chi connectivity index (χ3n) is 10.3. The lowest BCUT2D eigenvalue weighted by Gasteiger charge is -2.30. The molecule has 0 spiro atoms. The predicted molar refractivity (Wildman–Crippen MR) is 182 cm³/mol. The molecule has 3 fully saturated rings. The summed E-state index contributed by atoms with van der Waals surface area (Å²) in [7, 11) is -3.91. The summed E-state index contributed by atoms with van der Waals surface area (Å²) in [6, 6.07) is 2.42. The molecule has 6 atom stereocenters. The number of fused-ring (bicyclic) bond motifs is 3. The molecule has 1 aromatic carbocycles. The minimum Gasteiger partial charge on any atom is -0.460 e. The van der Waals surface area contributed by atoms with Crippen molar-refractivity contribution in [1.82, 2.24) is 20.3 Å². The van der Waals surface area contributed by atoms with E-state index in [1.807, 2.05) is 12.2 Å². The summed E-state index contributed by atoms with van der Waals surface area (Å²) < 4.78 is 53.4. The maximum absolute atomic E-state index is 14.4. The molecule has 5 aliphatic rings. The summed E-state index contributed by atoms with van der Waals surface area (Å²) in [5.74, 6) is -4.20. The van der Waals surface area contributed by atoms with Crippen molar-refractivity contribution in [3.05, 3.63) is 47.3 Å².